The molecule has 5 nitrogen and oxygen atoms in total. The van der Waals surface area contributed by atoms with E-state index in [0.717, 1.165) is 11.6 Å². The van der Waals surface area contributed by atoms with E-state index in [-0.39, 0.29) is 18.2 Å². The smallest absolute Gasteiger partial charge is 0.153 e. The molecule has 1 heterocycles. The Balaban J connectivity index is 0.000000622. The Kier molecular flexibility index (Phi) is 21.7. The van der Waals surface area contributed by atoms with Gasteiger partial charge in [0.25, 0.3) is 0 Å². The molecule has 1 aromatic carbocycles. The number of unbranched alkanes of at least 4 members (excludes halogenated alkanes) is 13. The Morgan fingerprint density at radius 3 is 1.65 bits per heavy atom. The molecule has 0 amide bonds. The van der Waals surface area contributed by atoms with Crippen LogP contribution < -0.4 is 11.5 Å². The zero-order valence-electron chi connectivity index (χ0n) is 20.9. The Hall–Kier alpha value is -1.85. The number of azo groups is 1. The Bertz CT molecular complexity index is 727. The lowest BCUT2D eigenvalue weighted by Crippen LogP contribution is -1.95. The molecule has 192 valence electrons. The van der Waals surface area contributed by atoms with E-state index in [1.807, 2.05) is 30.3 Å². The van der Waals surface area contributed by atoms with Crippen LogP contribution in [0.15, 0.2) is 52.7 Å². The molecule has 0 saturated carbocycles. The van der Waals surface area contributed by atoms with Crippen molar-refractivity contribution in [1.29, 1.82) is 0 Å². The van der Waals surface area contributed by atoms with Gasteiger partial charge in [0.2, 0.25) is 0 Å². The Labute approximate surface area is 218 Å². The molecule has 1 aromatic heterocycles. The first kappa shape index (κ1) is 32.1. The van der Waals surface area contributed by atoms with Crippen molar-refractivity contribution in [2.45, 2.75) is 96.8 Å². The van der Waals surface area contributed by atoms with Gasteiger partial charge in [-0.05, 0) is 30.7 Å². The van der Waals surface area contributed by atoms with Crippen molar-refractivity contribution in [3.8, 4) is 0 Å². The topological polar surface area (TPSA) is 89.6 Å². The molecule has 0 radical (unpaired) electrons. The number of halogens is 2. The normalized spacial score (nSPS) is 10.5. The van der Waals surface area contributed by atoms with Crippen molar-refractivity contribution in [3.63, 3.8) is 0 Å². The summed E-state index contributed by atoms with van der Waals surface area (Å²) in [4.78, 5) is 3.89. The van der Waals surface area contributed by atoms with Gasteiger partial charge < -0.3 is 11.5 Å². The highest BCUT2D eigenvalue weighted by molar-refractivity contribution is 6.17. The summed E-state index contributed by atoms with van der Waals surface area (Å²) in [5.41, 5.74) is 12.4. The van der Waals surface area contributed by atoms with Crippen LogP contribution in [0.25, 0.3) is 0 Å². The van der Waals surface area contributed by atoms with Crippen LogP contribution in [0.1, 0.15) is 96.8 Å². The monoisotopic (exact) mass is 509 g/mol. The van der Waals surface area contributed by atoms with Crippen molar-refractivity contribution in [2.24, 2.45) is 10.2 Å². The zero-order valence-corrected chi connectivity index (χ0v) is 22.5. The van der Waals surface area contributed by atoms with E-state index >= 15 is 0 Å². The van der Waals surface area contributed by atoms with Crippen LogP contribution >= 0.6 is 24.0 Å². The van der Waals surface area contributed by atoms with E-state index < -0.39 is 0 Å². The maximum Gasteiger partial charge on any atom is 0.153 e. The fraction of sp³-hybridized carbons (Fsp3) is 0.593. The summed E-state index contributed by atoms with van der Waals surface area (Å²) in [6.07, 6.45) is 19.8. The summed E-state index contributed by atoms with van der Waals surface area (Å²) >= 11 is 5.64. The molecule has 0 aliphatic heterocycles. The highest BCUT2D eigenvalue weighted by atomic mass is 35.5. The molecule has 0 aliphatic carbocycles. The summed E-state index contributed by atoms with van der Waals surface area (Å²) in [6, 6.07) is 12.7. The second-order valence-corrected chi connectivity index (χ2v) is 8.84. The van der Waals surface area contributed by atoms with Crippen LogP contribution in [-0.4, -0.2) is 10.9 Å². The highest BCUT2D eigenvalue weighted by Gasteiger charge is 1.99. The molecule has 0 saturated heterocycles. The minimum absolute atomic E-state index is 0. The first-order chi connectivity index (χ1) is 16.2. The van der Waals surface area contributed by atoms with Gasteiger partial charge in [-0.15, -0.1) is 29.1 Å². The van der Waals surface area contributed by atoms with Crippen LogP contribution in [0.3, 0.4) is 0 Å². The molecule has 0 unspecified atom stereocenters. The lowest BCUT2D eigenvalue weighted by Gasteiger charge is -2.02. The predicted octanol–water partition coefficient (Wildman–Crippen LogP) is 9.79. The minimum Gasteiger partial charge on any atom is -0.384 e. The number of nitrogens with zero attached hydrogens (tertiary/aromatic N) is 3. The molecule has 7 heteroatoms. The minimum atomic E-state index is 0. The second-order valence-electron chi connectivity index (χ2n) is 8.46. The molecule has 0 spiro atoms. The molecule has 4 N–H and O–H groups in total. The average Bonchev–Trinajstić information content (AvgIpc) is 2.83. The van der Waals surface area contributed by atoms with Gasteiger partial charge in [0.1, 0.15) is 11.5 Å². The molecule has 34 heavy (non-hydrogen) atoms. The SMILES string of the molecule is CCCCCCCCCCCCCCCCCl.Cl.Nc1ccc(N=Nc2ccccc2)c(N)n1. The Morgan fingerprint density at radius 1 is 0.676 bits per heavy atom. The van der Waals surface area contributed by atoms with E-state index in [4.69, 9.17) is 23.1 Å². The van der Waals surface area contributed by atoms with Crippen LogP contribution in [-0.2, 0) is 0 Å². The fourth-order valence-corrected chi connectivity index (χ4v) is 3.65. The third-order valence-electron chi connectivity index (χ3n) is 5.44. The number of hydrogen-bond donors (Lipinski definition) is 2. The van der Waals surface area contributed by atoms with Gasteiger partial charge in [-0.3, -0.25) is 0 Å². The summed E-state index contributed by atoms with van der Waals surface area (Å²) in [7, 11) is 0. The lowest BCUT2D eigenvalue weighted by atomic mass is 10.0. The zero-order chi connectivity index (χ0) is 24.0. The standard InChI is InChI=1S/C16H33Cl.C11H11N5.ClH/c1-2-3-4-5-6-7-8-9-10-11-12-13-14-15-16-17;12-10-7-6-9(11(13)14-10)16-15-8-4-2-1-3-5-8;/h2-16H2,1H3;1-7H,(H4,12,13,14);1H. The van der Waals surface area contributed by atoms with Gasteiger partial charge in [-0.25, -0.2) is 4.98 Å². The maximum atomic E-state index is 5.64. The summed E-state index contributed by atoms with van der Waals surface area (Å²) in [5, 5.41) is 8.03. The maximum absolute atomic E-state index is 5.64. The third kappa shape index (κ3) is 17.6. The van der Waals surface area contributed by atoms with E-state index in [2.05, 4.69) is 22.1 Å². The Morgan fingerprint density at radius 2 is 1.18 bits per heavy atom. The first-order valence-corrected chi connectivity index (χ1v) is 13.3. The van der Waals surface area contributed by atoms with Crippen molar-refractivity contribution < 1.29 is 0 Å². The van der Waals surface area contributed by atoms with Gasteiger partial charge in [0.05, 0.1) is 5.69 Å². The molecule has 2 rings (SSSR count). The van der Waals surface area contributed by atoms with E-state index in [0.29, 0.717) is 11.5 Å². The molecular formula is C27H45Cl2N5. The quantitative estimate of drug-likeness (QED) is 0.134. The average molecular weight is 511 g/mol. The summed E-state index contributed by atoms with van der Waals surface area (Å²) < 4.78 is 0. The third-order valence-corrected chi connectivity index (χ3v) is 5.71. The van der Waals surface area contributed by atoms with Gasteiger partial charge in [-0.1, -0.05) is 109 Å². The number of hydrogen-bond acceptors (Lipinski definition) is 5. The van der Waals surface area contributed by atoms with Gasteiger partial charge >= 0.3 is 0 Å². The van der Waals surface area contributed by atoms with Crippen LogP contribution in [0, 0.1) is 0 Å². The highest BCUT2D eigenvalue weighted by Crippen LogP contribution is 2.23. The number of nitrogen functional groups attached to an aromatic ring is 2. The number of rotatable bonds is 16. The van der Waals surface area contributed by atoms with Gasteiger partial charge in [0, 0.05) is 5.88 Å². The van der Waals surface area contributed by atoms with Crippen LogP contribution in [0.4, 0.5) is 23.0 Å². The van der Waals surface area contributed by atoms with E-state index in [1.165, 1.54) is 89.9 Å². The van der Waals surface area contributed by atoms with Crippen molar-refractivity contribution >= 4 is 47.0 Å². The van der Waals surface area contributed by atoms with Crippen LogP contribution in [0.5, 0.6) is 0 Å². The van der Waals surface area contributed by atoms with Gasteiger partial charge in [-0.2, -0.15) is 5.11 Å². The second kappa shape index (κ2) is 22.9. The summed E-state index contributed by atoms with van der Waals surface area (Å²) in [5.74, 6) is 1.49. The fourth-order valence-electron chi connectivity index (χ4n) is 3.46. The van der Waals surface area contributed by atoms with Crippen LogP contribution in [0.2, 0.25) is 0 Å². The van der Waals surface area contributed by atoms with Crippen molar-refractivity contribution in [3.05, 3.63) is 42.5 Å². The van der Waals surface area contributed by atoms with Crippen molar-refractivity contribution in [2.75, 3.05) is 17.3 Å². The predicted molar refractivity (Wildman–Crippen MR) is 152 cm³/mol. The molecule has 0 fully saturated rings. The largest absolute Gasteiger partial charge is 0.384 e. The number of aromatic nitrogens is 1. The number of benzene rings is 1. The number of pyridine rings is 1. The number of anilines is 2. The molecule has 0 atom stereocenters. The first-order valence-electron chi connectivity index (χ1n) is 12.7. The molecule has 2 aromatic rings. The van der Waals surface area contributed by atoms with E-state index in [9.17, 15) is 0 Å². The number of alkyl halides is 1. The van der Waals surface area contributed by atoms with Gasteiger partial charge in [0.15, 0.2) is 5.82 Å². The lowest BCUT2D eigenvalue weighted by molar-refractivity contribution is 0.538. The van der Waals surface area contributed by atoms with Crippen molar-refractivity contribution in [1.82, 2.24) is 4.98 Å². The number of nitrogens with two attached hydrogens (primary N) is 2. The summed E-state index contributed by atoms with van der Waals surface area (Å²) in [6.45, 7) is 2.28. The molecule has 0 aliphatic rings. The van der Waals surface area contributed by atoms with E-state index in [1.54, 1.807) is 12.1 Å². The molecular weight excluding hydrogens is 465 g/mol. The molecule has 0 bridgehead atoms.